The van der Waals surface area contributed by atoms with Crippen molar-refractivity contribution in [3.63, 3.8) is 0 Å². The summed E-state index contributed by atoms with van der Waals surface area (Å²) in [5.74, 6) is 1.00. The summed E-state index contributed by atoms with van der Waals surface area (Å²) in [7, 11) is 0. The van der Waals surface area contributed by atoms with Crippen LogP contribution in [-0.2, 0) is 17.8 Å². The Morgan fingerprint density at radius 3 is 2.54 bits per heavy atom. The van der Waals surface area contributed by atoms with Gasteiger partial charge >= 0.3 is 0 Å². The maximum Gasteiger partial charge on any atom is 0.223 e. The molecule has 1 heterocycles. The summed E-state index contributed by atoms with van der Waals surface area (Å²) in [5.41, 5.74) is 9.93. The predicted molar refractivity (Wildman–Crippen MR) is 119 cm³/mol. The molecule has 0 aliphatic heterocycles. The summed E-state index contributed by atoms with van der Waals surface area (Å²) in [6.45, 7) is 3.94. The molecule has 0 fully saturated rings. The van der Waals surface area contributed by atoms with E-state index in [4.69, 9.17) is 5.73 Å². The first kappa shape index (κ1) is 24.0. The Kier molecular flexibility index (Phi) is 10.0. The maximum atomic E-state index is 12.8. The number of aryl methyl sites for hydroxylation is 2. The highest BCUT2D eigenvalue weighted by atomic mass is 35.5. The number of benzene rings is 2. The third-order valence-electron chi connectivity index (χ3n) is 4.54. The van der Waals surface area contributed by atoms with Crippen LogP contribution < -0.4 is 5.73 Å². The standard InChI is InChI=1S/C21H26N4O.2ClH/c1-16-7-5-10-18-21(16)24-19(23-18)11-12-20(26)25(14-6-13-22)15-17-8-3-2-4-9-17;;/h2-5,7-10H,6,11-15,22H2,1H3,(H,23,24);2*1H. The number of imidazole rings is 1. The Bertz CT molecular complexity index is 867. The summed E-state index contributed by atoms with van der Waals surface area (Å²) < 4.78 is 0. The molecule has 0 aliphatic carbocycles. The predicted octanol–water partition coefficient (Wildman–Crippen LogP) is 4.03. The molecule has 28 heavy (non-hydrogen) atoms. The van der Waals surface area contributed by atoms with Crippen LogP contribution in [0.15, 0.2) is 48.5 Å². The van der Waals surface area contributed by atoms with E-state index in [9.17, 15) is 4.79 Å². The maximum absolute atomic E-state index is 12.8. The van der Waals surface area contributed by atoms with Crippen LogP contribution in [0.2, 0.25) is 0 Å². The van der Waals surface area contributed by atoms with Gasteiger partial charge in [-0.15, -0.1) is 24.8 Å². The molecule has 3 rings (SSSR count). The molecule has 3 N–H and O–H groups in total. The lowest BCUT2D eigenvalue weighted by molar-refractivity contribution is -0.131. The molecule has 0 aliphatic rings. The third-order valence-corrected chi connectivity index (χ3v) is 4.54. The molecular weight excluding hydrogens is 395 g/mol. The highest BCUT2D eigenvalue weighted by Crippen LogP contribution is 2.16. The molecule has 0 saturated heterocycles. The van der Waals surface area contributed by atoms with Crippen molar-refractivity contribution in [2.24, 2.45) is 5.73 Å². The average molecular weight is 423 g/mol. The number of nitrogens with one attached hydrogen (secondary N) is 1. The largest absolute Gasteiger partial charge is 0.342 e. The molecule has 0 saturated carbocycles. The first-order chi connectivity index (χ1) is 12.7. The Labute approximate surface area is 178 Å². The van der Waals surface area contributed by atoms with E-state index in [1.54, 1.807) is 0 Å². The molecule has 3 aromatic rings. The van der Waals surface area contributed by atoms with Gasteiger partial charge < -0.3 is 15.6 Å². The van der Waals surface area contributed by atoms with Crippen LogP contribution in [0.5, 0.6) is 0 Å². The number of nitrogens with zero attached hydrogens (tertiary/aromatic N) is 2. The first-order valence-electron chi connectivity index (χ1n) is 9.13. The summed E-state index contributed by atoms with van der Waals surface area (Å²) >= 11 is 0. The van der Waals surface area contributed by atoms with Crippen LogP contribution in [0.25, 0.3) is 11.0 Å². The van der Waals surface area contributed by atoms with Crippen molar-refractivity contribution in [2.75, 3.05) is 13.1 Å². The van der Waals surface area contributed by atoms with Gasteiger partial charge in [0.15, 0.2) is 0 Å². The fraction of sp³-hybridized carbons (Fsp3) is 0.333. The molecular formula is C21H28Cl2N4O. The van der Waals surface area contributed by atoms with Crippen molar-refractivity contribution in [3.8, 4) is 0 Å². The molecule has 0 atom stereocenters. The number of halogens is 2. The van der Waals surface area contributed by atoms with Crippen LogP contribution in [0.4, 0.5) is 0 Å². The van der Waals surface area contributed by atoms with Gasteiger partial charge in [-0.2, -0.15) is 0 Å². The van der Waals surface area contributed by atoms with Gasteiger partial charge in [0.1, 0.15) is 5.82 Å². The van der Waals surface area contributed by atoms with E-state index in [1.165, 1.54) is 0 Å². The van der Waals surface area contributed by atoms with Crippen molar-refractivity contribution in [2.45, 2.75) is 32.7 Å². The molecule has 0 unspecified atom stereocenters. The van der Waals surface area contributed by atoms with E-state index in [2.05, 4.69) is 9.97 Å². The van der Waals surface area contributed by atoms with E-state index in [0.717, 1.165) is 34.4 Å². The number of aromatic amines is 1. The van der Waals surface area contributed by atoms with Crippen LogP contribution in [0.1, 0.15) is 29.8 Å². The second-order valence-electron chi connectivity index (χ2n) is 6.60. The van der Waals surface area contributed by atoms with Crippen LogP contribution in [0, 0.1) is 6.92 Å². The van der Waals surface area contributed by atoms with Crippen LogP contribution in [0.3, 0.4) is 0 Å². The van der Waals surface area contributed by atoms with Gasteiger partial charge in [0.25, 0.3) is 0 Å². The fourth-order valence-electron chi connectivity index (χ4n) is 3.11. The number of aromatic nitrogens is 2. The molecule has 152 valence electrons. The quantitative estimate of drug-likeness (QED) is 0.575. The number of H-pyrrole nitrogens is 1. The number of rotatable bonds is 8. The van der Waals surface area contributed by atoms with Crippen LogP contribution in [-0.4, -0.2) is 33.9 Å². The number of fused-ring (bicyclic) bond motifs is 1. The molecule has 0 bridgehead atoms. The SMILES string of the molecule is Cc1cccc2[nH]c(CCC(=O)N(CCCN)Cc3ccccc3)nc12.Cl.Cl. The molecule has 0 radical (unpaired) electrons. The Hall–Kier alpha value is -2.08. The molecule has 1 aromatic heterocycles. The number of carbonyl (C=O) groups is 1. The van der Waals surface area contributed by atoms with Crippen molar-refractivity contribution < 1.29 is 4.79 Å². The Morgan fingerprint density at radius 1 is 1.11 bits per heavy atom. The fourth-order valence-corrected chi connectivity index (χ4v) is 3.11. The first-order valence-corrected chi connectivity index (χ1v) is 9.13. The summed E-state index contributed by atoms with van der Waals surface area (Å²) in [6, 6.07) is 16.2. The van der Waals surface area contributed by atoms with Crippen LogP contribution >= 0.6 is 24.8 Å². The topological polar surface area (TPSA) is 75.0 Å². The zero-order valence-corrected chi connectivity index (χ0v) is 17.7. The minimum absolute atomic E-state index is 0. The summed E-state index contributed by atoms with van der Waals surface area (Å²) in [4.78, 5) is 22.6. The average Bonchev–Trinajstić information content (AvgIpc) is 3.08. The second-order valence-corrected chi connectivity index (χ2v) is 6.60. The lowest BCUT2D eigenvalue weighted by Crippen LogP contribution is -2.32. The molecule has 7 heteroatoms. The van der Waals surface area contributed by atoms with Gasteiger partial charge in [-0.25, -0.2) is 4.98 Å². The van der Waals surface area contributed by atoms with E-state index in [-0.39, 0.29) is 30.7 Å². The van der Waals surface area contributed by atoms with E-state index in [0.29, 0.717) is 32.5 Å². The zero-order valence-electron chi connectivity index (χ0n) is 16.1. The van der Waals surface area contributed by atoms with E-state index < -0.39 is 0 Å². The Balaban J connectivity index is 0.00000196. The number of hydrogen-bond donors (Lipinski definition) is 2. The number of carbonyl (C=O) groups excluding carboxylic acids is 1. The number of hydrogen-bond acceptors (Lipinski definition) is 3. The molecule has 2 aromatic carbocycles. The van der Waals surface area contributed by atoms with Gasteiger partial charge in [0.2, 0.25) is 5.91 Å². The van der Waals surface area contributed by atoms with E-state index in [1.807, 2.05) is 60.4 Å². The second kappa shape index (κ2) is 11.7. The lowest BCUT2D eigenvalue weighted by atomic mass is 10.2. The van der Waals surface area contributed by atoms with Crippen molar-refractivity contribution in [1.82, 2.24) is 14.9 Å². The van der Waals surface area contributed by atoms with Gasteiger partial charge in [-0.05, 0) is 37.1 Å². The number of nitrogens with two attached hydrogens (primary N) is 1. The van der Waals surface area contributed by atoms with Gasteiger partial charge in [-0.3, -0.25) is 4.79 Å². The molecule has 0 spiro atoms. The summed E-state index contributed by atoms with van der Waals surface area (Å²) in [5, 5.41) is 0. The van der Waals surface area contributed by atoms with Gasteiger partial charge in [0.05, 0.1) is 11.0 Å². The smallest absolute Gasteiger partial charge is 0.223 e. The van der Waals surface area contributed by atoms with Crippen molar-refractivity contribution in [3.05, 3.63) is 65.5 Å². The van der Waals surface area contributed by atoms with Crippen molar-refractivity contribution >= 4 is 41.8 Å². The number of amides is 1. The lowest BCUT2D eigenvalue weighted by Gasteiger charge is -2.22. The normalized spacial score (nSPS) is 10.2. The van der Waals surface area contributed by atoms with E-state index >= 15 is 0 Å². The minimum Gasteiger partial charge on any atom is -0.342 e. The highest BCUT2D eigenvalue weighted by molar-refractivity contribution is 5.85. The zero-order chi connectivity index (χ0) is 18.4. The Morgan fingerprint density at radius 2 is 1.86 bits per heavy atom. The molecule has 5 nitrogen and oxygen atoms in total. The monoisotopic (exact) mass is 422 g/mol. The van der Waals surface area contributed by atoms with Gasteiger partial charge in [0, 0.05) is 25.9 Å². The highest BCUT2D eigenvalue weighted by Gasteiger charge is 2.15. The molecule has 1 amide bonds. The van der Waals surface area contributed by atoms with Crippen molar-refractivity contribution in [1.29, 1.82) is 0 Å². The van der Waals surface area contributed by atoms with Gasteiger partial charge in [-0.1, -0.05) is 42.5 Å². The summed E-state index contributed by atoms with van der Waals surface area (Å²) in [6.07, 6.45) is 1.86. The third kappa shape index (κ3) is 6.23. The minimum atomic E-state index is 0. The number of para-hydroxylation sites is 1.